The minimum absolute atomic E-state index is 0.959. The van der Waals surface area contributed by atoms with Crippen molar-refractivity contribution >= 4 is 17.4 Å². The van der Waals surface area contributed by atoms with Gasteiger partial charge in [-0.3, -0.25) is 0 Å². The van der Waals surface area contributed by atoms with Gasteiger partial charge in [-0.05, 0) is 30.7 Å². The molecular formula is C14H23NS. The van der Waals surface area contributed by atoms with Crippen LogP contribution in [0.2, 0.25) is 0 Å². The molecule has 2 N–H and O–H groups in total. The molecule has 0 aromatic heterocycles. The van der Waals surface area contributed by atoms with Gasteiger partial charge in [-0.25, -0.2) is 0 Å². The topological polar surface area (TPSA) is 26.0 Å². The standard InChI is InChI=1S/C14H23NS/c1-3-4-5-6-7-11-16-13-10-8-9-12(2)14(13)15/h8-10H,3-7,11,15H2,1-2H3. The normalized spacial score (nSPS) is 10.6. The first-order valence-corrected chi connectivity index (χ1v) is 7.22. The minimum Gasteiger partial charge on any atom is -0.398 e. The summed E-state index contributed by atoms with van der Waals surface area (Å²) < 4.78 is 0. The summed E-state index contributed by atoms with van der Waals surface area (Å²) in [5, 5.41) is 0. The van der Waals surface area contributed by atoms with Crippen LogP contribution in [0.15, 0.2) is 23.1 Å². The highest BCUT2D eigenvalue weighted by Gasteiger charge is 2.01. The average Bonchev–Trinajstić information content (AvgIpc) is 2.29. The average molecular weight is 237 g/mol. The smallest absolute Gasteiger partial charge is 0.0481 e. The van der Waals surface area contributed by atoms with E-state index in [1.54, 1.807) is 0 Å². The van der Waals surface area contributed by atoms with E-state index in [2.05, 4.69) is 32.0 Å². The maximum absolute atomic E-state index is 6.02. The molecule has 0 bridgehead atoms. The molecule has 0 aliphatic heterocycles. The Morgan fingerprint density at radius 3 is 2.62 bits per heavy atom. The second-order valence-corrected chi connectivity index (χ2v) is 5.39. The zero-order valence-corrected chi connectivity index (χ0v) is 11.3. The number of hydrogen-bond acceptors (Lipinski definition) is 2. The van der Waals surface area contributed by atoms with Crippen molar-refractivity contribution in [1.29, 1.82) is 0 Å². The molecular weight excluding hydrogens is 214 g/mol. The summed E-state index contributed by atoms with van der Waals surface area (Å²) in [6, 6.07) is 6.28. The summed E-state index contributed by atoms with van der Waals surface area (Å²) in [6.07, 6.45) is 6.72. The third-order valence-electron chi connectivity index (χ3n) is 2.79. The number of aryl methyl sites for hydroxylation is 1. The van der Waals surface area contributed by atoms with Crippen molar-refractivity contribution in [1.82, 2.24) is 0 Å². The van der Waals surface area contributed by atoms with E-state index in [1.165, 1.54) is 48.3 Å². The monoisotopic (exact) mass is 237 g/mol. The van der Waals surface area contributed by atoms with Gasteiger partial charge in [0.1, 0.15) is 0 Å². The molecule has 0 amide bonds. The Bertz CT molecular complexity index is 310. The maximum atomic E-state index is 6.02. The first-order valence-electron chi connectivity index (χ1n) is 6.23. The minimum atomic E-state index is 0.959. The highest BCUT2D eigenvalue weighted by atomic mass is 32.2. The van der Waals surface area contributed by atoms with E-state index in [-0.39, 0.29) is 0 Å². The lowest BCUT2D eigenvalue weighted by molar-refractivity contribution is 0.659. The fraction of sp³-hybridized carbons (Fsp3) is 0.571. The van der Waals surface area contributed by atoms with Gasteiger partial charge in [0.15, 0.2) is 0 Å². The third-order valence-corrected chi connectivity index (χ3v) is 3.95. The zero-order chi connectivity index (χ0) is 11.8. The lowest BCUT2D eigenvalue weighted by Gasteiger charge is -2.07. The highest BCUT2D eigenvalue weighted by Crippen LogP contribution is 2.28. The summed E-state index contributed by atoms with van der Waals surface area (Å²) in [7, 11) is 0. The predicted octanol–water partition coefficient (Wildman–Crippen LogP) is 4.64. The van der Waals surface area contributed by atoms with E-state index in [9.17, 15) is 0 Å². The number of unbranched alkanes of at least 4 members (excludes halogenated alkanes) is 4. The van der Waals surface area contributed by atoms with Crippen molar-refractivity contribution in [3.63, 3.8) is 0 Å². The quantitative estimate of drug-likeness (QED) is 0.425. The summed E-state index contributed by atoms with van der Waals surface area (Å²) in [5.74, 6) is 1.19. The van der Waals surface area contributed by atoms with Crippen molar-refractivity contribution in [2.45, 2.75) is 50.8 Å². The molecule has 0 aliphatic rings. The van der Waals surface area contributed by atoms with Gasteiger partial charge in [0.05, 0.1) is 0 Å². The van der Waals surface area contributed by atoms with Crippen LogP contribution in [0.3, 0.4) is 0 Å². The zero-order valence-electron chi connectivity index (χ0n) is 10.5. The number of para-hydroxylation sites is 1. The summed E-state index contributed by atoms with van der Waals surface area (Å²) >= 11 is 1.89. The van der Waals surface area contributed by atoms with Crippen LogP contribution in [0, 0.1) is 6.92 Å². The third kappa shape index (κ3) is 4.48. The Balaban J connectivity index is 2.24. The summed E-state index contributed by atoms with van der Waals surface area (Å²) in [5.41, 5.74) is 8.17. The molecule has 0 fully saturated rings. The maximum Gasteiger partial charge on any atom is 0.0481 e. The van der Waals surface area contributed by atoms with Crippen molar-refractivity contribution < 1.29 is 0 Å². The molecule has 0 radical (unpaired) electrons. The molecule has 0 saturated heterocycles. The Kier molecular flexibility index (Phi) is 6.39. The lowest BCUT2D eigenvalue weighted by Crippen LogP contribution is -1.92. The van der Waals surface area contributed by atoms with Crippen LogP contribution in [0.25, 0.3) is 0 Å². The van der Waals surface area contributed by atoms with E-state index in [0.717, 1.165) is 5.69 Å². The van der Waals surface area contributed by atoms with Gasteiger partial charge in [-0.1, -0.05) is 44.7 Å². The van der Waals surface area contributed by atoms with Crippen molar-refractivity contribution in [2.75, 3.05) is 11.5 Å². The van der Waals surface area contributed by atoms with Gasteiger partial charge in [0.2, 0.25) is 0 Å². The Labute approximate surface area is 104 Å². The fourth-order valence-electron chi connectivity index (χ4n) is 1.67. The van der Waals surface area contributed by atoms with Crippen LogP contribution in [0.4, 0.5) is 5.69 Å². The van der Waals surface area contributed by atoms with E-state index in [0.29, 0.717) is 0 Å². The number of rotatable bonds is 7. The molecule has 2 heteroatoms. The molecule has 0 atom stereocenters. The second kappa shape index (κ2) is 7.61. The van der Waals surface area contributed by atoms with Crippen LogP contribution in [0.1, 0.15) is 44.6 Å². The predicted molar refractivity (Wildman–Crippen MR) is 75.1 cm³/mol. The van der Waals surface area contributed by atoms with Crippen molar-refractivity contribution in [2.24, 2.45) is 0 Å². The number of hydrogen-bond donors (Lipinski definition) is 1. The molecule has 16 heavy (non-hydrogen) atoms. The molecule has 0 saturated carbocycles. The lowest BCUT2D eigenvalue weighted by atomic mass is 10.2. The summed E-state index contributed by atoms with van der Waals surface area (Å²) in [4.78, 5) is 1.25. The van der Waals surface area contributed by atoms with E-state index in [1.807, 2.05) is 11.8 Å². The largest absolute Gasteiger partial charge is 0.398 e. The van der Waals surface area contributed by atoms with Gasteiger partial charge in [-0.2, -0.15) is 0 Å². The van der Waals surface area contributed by atoms with E-state index >= 15 is 0 Å². The number of nitrogens with two attached hydrogens (primary N) is 1. The van der Waals surface area contributed by atoms with Gasteiger partial charge in [-0.15, -0.1) is 11.8 Å². The first kappa shape index (κ1) is 13.4. The molecule has 0 spiro atoms. The molecule has 1 nitrogen and oxygen atoms in total. The number of anilines is 1. The van der Waals surface area contributed by atoms with Crippen LogP contribution < -0.4 is 5.73 Å². The van der Waals surface area contributed by atoms with E-state index < -0.39 is 0 Å². The van der Waals surface area contributed by atoms with Crippen molar-refractivity contribution in [3.8, 4) is 0 Å². The van der Waals surface area contributed by atoms with Crippen LogP contribution in [0.5, 0.6) is 0 Å². The van der Waals surface area contributed by atoms with Crippen LogP contribution >= 0.6 is 11.8 Å². The number of thioether (sulfide) groups is 1. The molecule has 0 heterocycles. The van der Waals surface area contributed by atoms with Gasteiger partial charge >= 0.3 is 0 Å². The Hall–Kier alpha value is -0.630. The molecule has 90 valence electrons. The first-order chi connectivity index (χ1) is 7.75. The second-order valence-electron chi connectivity index (χ2n) is 4.25. The van der Waals surface area contributed by atoms with Gasteiger partial charge in [0.25, 0.3) is 0 Å². The summed E-state index contributed by atoms with van der Waals surface area (Å²) in [6.45, 7) is 4.32. The van der Waals surface area contributed by atoms with E-state index in [4.69, 9.17) is 5.73 Å². The molecule has 0 unspecified atom stereocenters. The number of nitrogen functional groups attached to an aromatic ring is 1. The van der Waals surface area contributed by atoms with Crippen molar-refractivity contribution in [3.05, 3.63) is 23.8 Å². The molecule has 1 aromatic carbocycles. The molecule has 0 aliphatic carbocycles. The molecule has 1 rings (SSSR count). The van der Waals surface area contributed by atoms with Crippen LogP contribution in [-0.4, -0.2) is 5.75 Å². The van der Waals surface area contributed by atoms with Crippen LogP contribution in [-0.2, 0) is 0 Å². The molecule has 1 aromatic rings. The van der Waals surface area contributed by atoms with Gasteiger partial charge < -0.3 is 5.73 Å². The Morgan fingerprint density at radius 1 is 1.12 bits per heavy atom. The van der Waals surface area contributed by atoms with Gasteiger partial charge in [0, 0.05) is 10.6 Å². The Morgan fingerprint density at radius 2 is 1.88 bits per heavy atom. The SMILES string of the molecule is CCCCCCCSc1cccc(C)c1N. The highest BCUT2D eigenvalue weighted by molar-refractivity contribution is 7.99. The number of benzene rings is 1. The fourth-order valence-corrected chi connectivity index (χ4v) is 2.73.